The molecule has 0 spiro atoms. The number of hydrogen-bond donors (Lipinski definition) is 0. The lowest BCUT2D eigenvalue weighted by Gasteiger charge is -2.23. The number of carbonyl (C=O) groups excluding carboxylic acids is 1. The lowest BCUT2D eigenvalue weighted by atomic mass is 9.98. The van der Waals surface area contributed by atoms with E-state index in [4.69, 9.17) is 23.7 Å². The zero-order chi connectivity index (χ0) is 29.8. The lowest BCUT2D eigenvalue weighted by Crippen LogP contribution is -2.31. The summed E-state index contributed by atoms with van der Waals surface area (Å²) in [6, 6.07) is 29.9. The van der Waals surface area contributed by atoms with Crippen LogP contribution >= 0.6 is 15.9 Å². The van der Waals surface area contributed by atoms with Crippen LogP contribution in [0.4, 0.5) is 0 Å². The minimum Gasteiger partial charge on any atom is -0.493 e. The van der Waals surface area contributed by atoms with E-state index in [1.807, 2.05) is 84.9 Å². The summed E-state index contributed by atoms with van der Waals surface area (Å²) in [5.41, 5.74) is 4.21. The number of ether oxygens (including phenoxy) is 3. The summed E-state index contributed by atoms with van der Waals surface area (Å²) in [4.78, 5) is 13.5. The smallest absolute Gasteiger partial charge is 0.281 e. The lowest BCUT2D eigenvalue weighted by molar-refractivity contribution is -0.135. The predicted molar refractivity (Wildman–Crippen MR) is 165 cm³/mol. The topological polar surface area (TPSA) is 99.3 Å². The number of rotatable bonds is 9. The Kier molecular flexibility index (Phi) is 8.19. The van der Waals surface area contributed by atoms with Crippen molar-refractivity contribution in [3.05, 3.63) is 113 Å². The van der Waals surface area contributed by atoms with Crippen LogP contribution in [0.3, 0.4) is 0 Å². The van der Waals surface area contributed by atoms with Crippen molar-refractivity contribution in [1.82, 2.24) is 15.2 Å². The molecule has 216 valence electrons. The monoisotopic (exact) mass is 638 g/mol. The van der Waals surface area contributed by atoms with Crippen LogP contribution in [0.5, 0.6) is 17.2 Å². The first-order valence-corrected chi connectivity index (χ1v) is 14.3. The molecule has 1 atom stereocenters. The molecule has 0 saturated carbocycles. The van der Waals surface area contributed by atoms with Crippen LogP contribution in [0.1, 0.15) is 23.6 Å². The van der Waals surface area contributed by atoms with Crippen LogP contribution in [0.2, 0.25) is 0 Å². The van der Waals surface area contributed by atoms with Crippen LogP contribution in [0.25, 0.3) is 22.9 Å². The summed E-state index contributed by atoms with van der Waals surface area (Å²) in [7, 11) is 3.17. The SMILES string of the molecule is COc1ccc(C2CC(c3ccc(Br)cc3)=NN2C(=O)COc2ccc(-c3nnc(-c4ccccc4)o3)cc2)cc1OC. The van der Waals surface area contributed by atoms with Crippen LogP contribution in [0.15, 0.2) is 111 Å². The van der Waals surface area contributed by atoms with E-state index in [9.17, 15) is 4.79 Å². The van der Waals surface area contributed by atoms with E-state index in [1.54, 1.807) is 26.4 Å². The van der Waals surface area contributed by atoms with Crippen molar-refractivity contribution in [3.8, 4) is 40.2 Å². The summed E-state index contributed by atoms with van der Waals surface area (Å²) in [5.74, 6) is 2.28. The number of hydrogen-bond acceptors (Lipinski definition) is 8. The summed E-state index contributed by atoms with van der Waals surface area (Å²) in [5, 5.41) is 14.5. The standard InChI is InChI=1S/C33H27BrN4O5/c1-40-29-17-12-24(18-30(29)41-2)28-19-27(21-8-13-25(34)14-9-21)37-38(28)31(39)20-42-26-15-10-23(11-16-26)33-36-35-32(43-33)22-6-4-3-5-7-22/h3-18,28H,19-20H2,1-2H3. The first-order chi connectivity index (χ1) is 21.0. The molecule has 0 saturated heterocycles. The van der Waals surface area contributed by atoms with Gasteiger partial charge >= 0.3 is 0 Å². The third-order valence-corrected chi connectivity index (χ3v) is 7.57. The van der Waals surface area contributed by atoms with Gasteiger partial charge in [-0.25, -0.2) is 5.01 Å². The van der Waals surface area contributed by atoms with Crippen molar-refractivity contribution < 1.29 is 23.4 Å². The third kappa shape index (κ3) is 6.14. The Hall–Kier alpha value is -4.96. The number of hydrazone groups is 1. The van der Waals surface area contributed by atoms with Crippen molar-refractivity contribution in [3.63, 3.8) is 0 Å². The van der Waals surface area contributed by atoms with Gasteiger partial charge in [0.05, 0.1) is 26.0 Å². The number of benzene rings is 4. The van der Waals surface area contributed by atoms with Gasteiger partial charge in [-0.3, -0.25) is 4.79 Å². The quantitative estimate of drug-likeness (QED) is 0.172. The van der Waals surface area contributed by atoms with Crippen LogP contribution in [-0.2, 0) is 4.79 Å². The number of methoxy groups -OCH3 is 2. The largest absolute Gasteiger partial charge is 0.493 e. The minimum absolute atomic E-state index is 0.195. The highest BCUT2D eigenvalue weighted by Gasteiger charge is 2.34. The molecule has 9 nitrogen and oxygen atoms in total. The molecule has 0 N–H and O–H groups in total. The number of carbonyl (C=O) groups is 1. The van der Waals surface area contributed by atoms with Gasteiger partial charge in [0.1, 0.15) is 5.75 Å². The molecule has 1 amide bonds. The minimum atomic E-state index is -0.340. The highest BCUT2D eigenvalue weighted by molar-refractivity contribution is 9.10. The second-order valence-corrected chi connectivity index (χ2v) is 10.6. The molecule has 5 aromatic rings. The fraction of sp³-hybridized carbons (Fsp3) is 0.152. The van der Waals surface area contributed by atoms with E-state index in [1.165, 1.54) is 5.01 Å². The van der Waals surface area contributed by atoms with Crippen LogP contribution < -0.4 is 14.2 Å². The third-order valence-electron chi connectivity index (χ3n) is 7.05. The number of aromatic nitrogens is 2. The average molecular weight is 640 g/mol. The summed E-state index contributed by atoms with van der Waals surface area (Å²) in [6.07, 6.45) is 0.534. The molecule has 0 aliphatic carbocycles. The maximum atomic E-state index is 13.5. The van der Waals surface area contributed by atoms with Gasteiger partial charge in [0.2, 0.25) is 11.8 Å². The molecule has 0 fully saturated rings. The fourth-order valence-corrected chi connectivity index (χ4v) is 5.08. The van der Waals surface area contributed by atoms with Crippen molar-refractivity contribution in [2.45, 2.75) is 12.5 Å². The molecule has 2 heterocycles. The maximum Gasteiger partial charge on any atom is 0.281 e. The molecule has 1 aliphatic heterocycles. The first kappa shape index (κ1) is 28.2. The van der Waals surface area contributed by atoms with Gasteiger partial charge in [-0.15, -0.1) is 10.2 Å². The molecule has 1 unspecified atom stereocenters. The Bertz CT molecular complexity index is 1750. The zero-order valence-electron chi connectivity index (χ0n) is 23.4. The van der Waals surface area contributed by atoms with Crippen LogP contribution in [-0.4, -0.2) is 47.7 Å². The predicted octanol–water partition coefficient (Wildman–Crippen LogP) is 6.94. The molecular weight excluding hydrogens is 612 g/mol. The first-order valence-electron chi connectivity index (χ1n) is 13.5. The molecule has 1 aromatic heterocycles. The highest BCUT2D eigenvalue weighted by atomic mass is 79.9. The van der Waals surface area contributed by atoms with E-state index in [0.717, 1.165) is 32.4 Å². The molecule has 0 radical (unpaired) electrons. The summed E-state index contributed by atoms with van der Waals surface area (Å²) in [6.45, 7) is -0.195. The normalized spacial score (nSPS) is 14.3. The number of nitrogens with zero attached hydrogens (tertiary/aromatic N) is 4. The molecule has 1 aliphatic rings. The van der Waals surface area contributed by atoms with E-state index >= 15 is 0 Å². The molecular formula is C33H27BrN4O5. The van der Waals surface area contributed by atoms with Crippen molar-refractivity contribution >= 4 is 27.5 Å². The Balaban J connectivity index is 1.18. The van der Waals surface area contributed by atoms with E-state index in [0.29, 0.717) is 35.5 Å². The van der Waals surface area contributed by atoms with Crippen molar-refractivity contribution in [1.29, 1.82) is 0 Å². The summed E-state index contributed by atoms with van der Waals surface area (Å²) >= 11 is 3.48. The van der Waals surface area contributed by atoms with Crippen molar-refractivity contribution in [2.24, 2.45) is 5.10 Å². The molecule has 10 heteroatoms. The fourth-order valence-electron chi connectivity index (χ4n) is 4.82. The van der Waals surface area contributed by atoms with E-state index < -0.39 is 0 Å². The Labute approximate surface area is 256 Å². The zero-order valence-corrected chi connectivity index (χ0v) is 25.0. The van der Waals surface area contributed by atoms with Gasteiger partial charge in [-0.1, -0.05) is 52.3 Å². The Morgan fingerprint density at radius 2 is 1.49 bits per heavy atom. The number of halogens is 1. The molecule has 4 aromatic carbocycles. The van der Waals surface area contributed by atoms with Crippen molar-refractivity contribution in [2.75, 3.05) is 20.8 Å². The highest BCUT2D eigenvalue weighted by Crippen LogP contribution is 2.37. The average Bonchev–Trinajstić information content (AvgIpc) is 3.73. The summed E-state index contributed by atoms with van der Waals surface area (Å²) < 4.78 is 23.6. The van der Waals surface area contributed by atoms with Gasteiger partial charge in [0, 0.05) is 22.0 Å². The second-order valence-electron chi connectivity index (χ2n) is 9.72. The number of amides is 1. The molecule has 6 rings (SSSR count). The molecule has 43 heavy (non-hydrogen) atoms. The van der Waals surface area contributed by atoms with Gasteiger partial charge in [0.15, 0.2) is 18.1 Å². The maximum absolute atomic E-state index is 13.5. The van der Waals surface area contributed by atoms with E-state index in [-0.39, 0.29) is 18.6 Å². The second kappa shape index (κ2) is 12.5. The van der Waals surface area contributed by atoms with Gasteiger partial charge < -0.3 is 18.6 Å². The Morgan fingerprint density at radius 1 is 0.837 bits per heavy atom. The van der Waals surface area contributed by atoms with Gasteiger partial charge in [0.25, 0.3) is 5.91 Å². The van der Waals surface area contributed by atoms with Crippen LogP contribution in [0, 0.1) is 0 Å². The van der Waals surface area contributed by atoms with E-state index in [2.05, 4.69) is 26.1 Å². The van der Waals surface area contributed by atoms with Gasteiger partial charge in [-0.2, -0.15) is 5.10 Å². The molecule has 0 bridgehead atoms. The van der Waals surface area contributed by atoms with Gasteiger partial charge in [-0.05, 0) is 71.8 Å². The Morgan fingerprint density at radius 3 is 2.16 bits per heavy atom.